The molecule has 2 rings (SSSR count). The molecular weight excluding hydrogens is 298 g/mol. The largest absolute Gasteiger partial charge is 0.360 e. The van der Waals surface area contributed by atoms with E-state index >= 15 is 0 Å². The van der Waals surface area contributed by atoms with Gasteiger partial charge in [0.15, 0.2) is 0 Å². The number of anilines is 2. The molecule has 0 aliphatic heterocycles. The molecule has 23 heavy (non-hydrogen) atoms. The van der Waals surface area contributed by atoms with Crippen molar-refractivity contribution in [1.82, 2.24) is 0 Å². The number of nitrogens with zero attached hydrogens (tertiary/aromatic N) is 1. The fourth-order valence-electron chi connectivity index (χ4n) is 2.37. The Bertz CT molecular complexity index is 701. The summed E-state index contributed by atoms with van der Waals surface area (Å²) in [6.45, 7) is 5.97. The minimum atomic E-state index is -0.660. The first-order chi connectivity index (χ1) is 10.9. The summed E-state index contributed by atoms with van der Waals surface area (Å²) in [5.74, 6) is -1.65. The topological polar surface area (TPSA) is 32.3 Å². The van der Waals surface area contributed by atoms with E-state index in [9.17, 15) is 13.6 Å². The van der Waals surface area contributed by atoms with Gasteiger partial charge in [0.25, 0.3) is 0 Å². The fraction of sp³-hybridized carbons (Fsp3) is 0.278. The molecule has 1 amide bonds. The molecule has 0 aliphatic rings. The number of carbonyl (C=O) groups is 1. The van der Waals surface area contributed by atoms with Crippen LogP contribution in [0.3, 0.4) is 0 Å². The minimum Gasteiger partial charge on any atom is -0.360 e. The number of hydrogen-bond acceptors (Lipinski definition) is 2. The van der Waals surface area contributed by atoms with Crippen LogP contribution in [0.2, 0.25) is 0 Å². The van der Waals surface area contributed by atoms with Crippen molar-refractivity contribution in [2.24, 2.45) is 0 Å². The maximum absolute atomic E-state index is 13.6. The smallest absolute Gasteiger partial charge is 0.243 e. The summed E-state index contributed by atoms with van der Waals surface area (Å²) < 4.78 is 26.8. The number of halogens is 2. The molecule has 2 aromatic rings. The average molecular weight is 318 g/mol. The van der Waals surface area contributed by atoms with Crippen molar-refractivity contribution in [2.45, 2.75) is 26.8 Å². The average Bonchev–Trinajstić information content (AvgIpc) is 2.49. The molecule has 0 heterocycles. The van der Waals surface area contributed by atoms with Gasteiger partial charge in [0.05, 0.1) is 12.2 Å². The van der Waals surface area contributed by atoms with Crippen molar-refractivity contribution in [2.75, 3.05) is 16.8 Å². The van der Waals surface area contributed by atoms with Crippen molar-refractivity contribution in [3.63, 3.8) is 0 Å². The van der Waals surface area contributed by atoms with E-state index in [0.717, 1.165) is 29.4 Å². The molecule has 5 heteroatoms. The Kier molecular flexibility index (Phi) is 5.32. The molecule has 0 radical (unpaired) electrons. The molecular formula is C18H20F2N2O. The minimum absolute atomic E-state index is 0.0540. The highest BCUT2D eigenvalue weighted by molar-refractivity contribution is 5.94. The van der Waals surface area contributed by atoms with E-state index in [1.165, 1.54) is 0 Å². The Morgan fingerprint density at radius 2 is 1.87 bits per heavy atom. The molecule has 2 aromatic carbocycles. The Labute approximate surface area is 134 Å². The first-order valence-electron chi connectivity index (χ1n) is 7.45. The molecule has 0 spiro atoms. The van der Waals surface area contributed by atoms with E-state index in [4.69, 9.17) is 0 Å². The highest BCUT2D eigenvalue weighted by Crippen LogP contribution is 2.22. The predicted molar refractivity (Wildman–Crippen MR) is 88.6 cm³/mol. The van der Waals surface area contributed by atoms with E-state index < -0.39 is 17.5 Å². The van der Waals surface area contributed by atoms with Crippen molar-refractivity contribution in [3.8, 4) is 0 Å². The van der Waals surface area contributed by atoms with Crippen molar-refractivity contribution in [3.05, 3.63) is 59.7 Å². The third kappa shape index (κ3) is 4.28. The molecule has 122 valence electrons. The highest BCUT2D eigenvalue weighted by Gasteiger charge is 2.17. The lowest BCUT2D eigenvalue weighted by molar-refractivity contribution is -0.115. The van der Waals surface area contributed by atoms with Crippen LogP contribution in [-0.4, -0.2) is 18.5 Å². The Hall–Kier alpha value is -2.43. The van der Waals surface area contributed by atoms with Crippen LogP contribution < -0.4 is 10.2 Å². The monoisotopic (exact) mass is 318 g/mol. The van der Waals surface area contributed by atoms with Crippen LogP contribution in [-0.2, 0) is 4.79 Å². The Balaban J connectivity index is 2.16. The van der Waals surface area contributed by atoms with Crippen LogP contribution in [0.5, 0.6) is 0 Å². The molecule has 0 aliphatic carbocycles. The SMILES string of the molecule is Cc1ccccc1N(CC(=O)Nc1cc(F)ccc1F)C(C)C. The summed E-state index contributed by atoms with van der Waals surface area (Å²) in [5, 5.41) is 2.43. The molecule has 0 atom stereocenters. The van der Waals surface area contributed by atoms with Crippen LogP contribution in [0.15, 0.2) is 42.5 Å². The van der Waals surface area contributed by atoms with E-state index in [0.29, 0.717) is 0 Å². The number of nitrogens with one attached hydrogen (secondary N) is 1. The molecule has 0 bridgehead atoms. The summed E-state index contributed by atoms with van der Waals surface area (Å²) in [6, 6.07) is 10.8. The molecule has 0 saturated carbocycles. The molecule has 0 aromatic heterocycles. The maximum atomic E-state index is 13.6. The standard InChI is InChI=1S/C18H20F2N2O/c1-12(2)22(17-7-5-4-6-13(17)3)11-18(23)21-16-10-14(19)8-9-15(16)20/h4-10,12H,11H2,1-3H3,(H,21,23). The molecule has 1 N–H and O–H groups in total. The second-order valence-electron chi connectivity index (χ2n) is 5.68. The van der Waals surface area contributed by atoms with E-state index in [1.807, 2.05) is 49.9 Å². The summed E-state index contributed by atoms with van der Waals surface area (Å²) in [6.07, 6.45) is 0. The van der Waals surface area contributed by atoms with Gasteiger partial charge in [-0.3, -0.25) is 4.79 Å². The first-order valence-corrected chi connectivity index (χ1v) is 7.45. The zero-order chi connectivity index (χ0) is 17.0. The number of benzene rings is 2. The number of para-hydroxylation sites is 1. The highest BCUT2D eigenvalue weighted by atomic mass is 19.1. The number of amides is 1. The maximum Gasteiger partial charge on any atom is 0.243 e. The van der Waals surface area contributed by atoms with Gasteiger partial charge in [0.1, 0.15) is 11.6 Å². The lowest BCUT2D eigenvalue weighted by atomic mass is 10.1. The fourth-order valence-corrected chi connectivity index (χ4v) is 2.37. The predicted octanol–water partition coefficient (Wildman–Crippen LogP) is 4.13. The Morgan fingerprint density at radius 3 is 2.52 bits per heavy atom. The van der Waals surface area contributed by atoms with Crippen LogP contribution >= 0.6 is 0 Å². The number of rotatable bonds is 5. The second kappa shape index (κ2) is 7.22. The number of aryl methyl sites for hydroxylation is 1. The zero-order valence-electron chi connectivity index (χ0n) is 13.4. The normalized spacial score (nSPS) is 10.7. The lowest BCUT2D eigenvalue weighted by Gasteiger charge is -2.29. The van der Waals surface area contributed by atoms with Crippen molar-refractivity contribution in [1.29, 1.82) is 0 Å². The Morgan fingerprint density at radius 1 is 1.17 bits per heavy atom. The van der Waals surface area contributed by atoms with Gasteiger partial charge in [-0.05, 0) is 44.5 Å². The molecule has 3 nitrogen and oxygen atoms in total. The summed E-state index contributed by atoms with van der Waals surface area (Å²) in [7, 11) is 0. The molecule has 0 saturated heterocycles. The van der Waals surface area contributed by atoms with Gasteiger partial charge in [0, 0.05) is 17.8 Å². The first kappa shape index (κ1) is 16.9. The van der Waals surface area contributed by atoms with E-state index in [2.05, 4.69) is 5.32 Å². The van der Waals surface area contributed by atoms with E-state index in [-0.39, 0.29) is 18.3 Å². The van der Waals surface area contributed by atoms with Crippen molar-refractivity contribution >= 4 is 17.3 Å². The second-order valence-corrected chi connectivity index (χ2v) is 5.68. The van der Waals surface area contributed by atoms with Crippen LogP contribution in [0, 0.1) is 18.6 Å². The quantitative estimate of drug-likeness (QED) is 0.899. The molecule has 0 unspecified atom stereocenters. The third-order valence-corrected chi connectivity index (χ3v) is 3.56. The number of carbonyl (C=O) groups excluding carboxylic acids is 1. The summed E-state index contributed by atoms with van der Waals surface area (Å²) in [5.41, 5.74) is 1.84. The van der Waals surface area contributed by atoms with Gasteiger partial charge in [-0.1, -0.05) is 18.2 Å². The van der Waals surface area contributed by atoms with Gasteiger partial charge < -0.3 is 10.2 Å². The van der Waals surface area contributed by atoms with Gasteiger partial charge in [-0.15, -0.1) is 0 Å². The summed E-state index contributed by atoms with van der Waals surface area (Å²) in [4.78, 5) is 14.2. The van der Waals surface area contributed by atoms with Gasteiger partial charge in [-0.25, -0.2) is 8.78 Å². The number of hydrogen-bond donors (Lipinski definition) is 1. The van der Waals surface area contributed by atoms with Gasteiger partial charge in [-0.2, -0.15) is 0 Å². The third-order valence-electron chi connectivity index (χ3n) is 3.56. The van der Waals surface area contributed by atoms with Gasteiger partial charge >= 0.3 is 0 Å². The van der Waals surface area contributed by atoms with Crippen LogP contribution in [0.1, 0.15) is 19.4 Å². The lowest BCUT2D eigenvalue weighted by Crippen LogP contribution is -2.38. The van der Waals surface area contributed by atoms with Crippen LogP contribution in [0.4, 0.5) is 20.2 Å². The van der Waals surface area contributed by atoms with E-state index in [1.54, 1.807) is 0 Å². The summed E-state index contributed by atoms with van der Waals surface area (Å²) >= 11 is 0. The van der Waals surface area contributed by atoms with Crippen LogP contribution in [0.25, 0.3) is 0 Å². The molecule has 0 fully saturated rings. The van der Waals surface area contributed by atoms with Crippen molar-refractivity contribution < 1.29 is 13.6 Å². The van der Waals surface area contributed by atoms with Gasteiger partial charge in [0.2, 0.25) is 5.91 Å². The zero-order valence-corrected chi connectivity index (χ0v) is 13.4.